The molecule has 3 aliphatic heterocycles. The van der Waals surface area contributed by atoms with Crippen LogP contribution in [0.25, 0.3) is 5.57 Å². The number of hydrogen-bond donors (Lipinski definition) is 0. The van der Waals surface area contributed by atoms with Crippen molar-refractivity contribution in [2.75, 3.05) is 9.80 Å². The van der Waals surface area contributed by atoms with E-state index in [-0.39, 0.29) is 29.4 Å². The van der Waals surface area contributed by atoms with E-state index in [1.165, 1.54) is 11.8 Å². The number of anilines is 2. The fourth-order valence-electron chi connectivity index (χ4n) is 5.80. The van der Waals surface area contributed by atoms with Crippen molar-refractivity contribution in [2.24, 2.45) is 17.3 Å². The van der Waals surface area contributed by atoms with Crippen LogP contribution in [0.4, 0.5) is 11.4 Å². The predicted molar refractivity (Wildman–Crippen MR) is 135 cm³/mol. The number of nitrogens with zero attached hydrogens (tertiary/aromatic N) is 2. The second kappa shape index (κ2) is 7.74. The molecule has 0 spiro atoms. The Bertz CT molecular complexity index is 1320. The fourth-order valence-corrected chi connectivity index (χ4v) is 5.80. The molecule has 6 nitrogen and oxygen atoms in total. The van der Waals surface area contributed by atoms with Gasteiger partial charge in [-0.2, -0.15) is 0 Å². The van der Waals surface area contributed by atoms with Gasteiger partial charge in [-0.05, 0) is 62.7 Å². The molecular formula is C29H30N2O4. The van der Waals surface area contributed by atoms with Gasteiger partial charge >= 0.3 is 0 Å². The third-order valence-electron chi connectivity index (χ3n) is 7.54. The first-order valence-corrected chi connectivity index (χ1v) is 12.0. The quantitative estimate of drug-likeness (QED) is 0.484. The van der Waals surface area contributed by atoms with E-state index in [0.29, 0.717) is 11.3 Å². The van der Waals surface area contributed by atoms with Gasteiger partial charge in [-0.1, -0.05) is 38.5 Å². The summed E-state index contributed by atoms with van der Waals surface area (Å²) in [5.74, 6) is -2.22. The molecular weight excluding hydrogens is 440 g/mol. The summed E-state index contributed by atoms with van der Waals surface area (Å²) in [6.45, 7) is 11.1. The number of fused-ring (bicyclic) bond motifs is 5. The number of aryl methyl sites for hydroxylation is 1. The highest BCUT2D eigenvalue weighted by molar-refractivity contribution is 6.25. The molecule has 6 heteroatoms. The monoisotopic (exact) mass is 470 g/mol. The summed E-state index contributed by atoms with van der Waals surface area (Å²) in [6.07, 6.45) is 2.04. The number of rotatable bonds is 3. The summed E-state index contributed by atoms with van der Waals surface area (Å²) in [7, 11) is 0. The molecule has 2 saturated heterocycles. The van der Waals surface area contributed by atoms with Crippen LogP contribution in [0.5, 0.6) is 0 Å². The normalized spacial score (nSPS) is 25.3. The Hall–Kier alpha value is -3.54. The van der Waals surface area contributed by atoms with Gasteiger partial charge in [-0.3, -0.25) is 19.2 Å². The zero-order valence-corrected chi connectivity index (χ0v) is 21.0. The Morgan fingerprint density at radius 3 is 2.11 bits per heavy atom. The average Bonchev–Trinajstić information content (AvgIpc) is 3.25. The molecule has 3 aliphatic rings. The van der Waals surface area contributed by atoms with Crippen LogP contribution < -0.4 is 9.80 Å². The molecule has 2 aromatic carbocycles. The number of amides is 2. The molecule has 0 saturated carbocycles. The summed E-state index contributed by atoms with van der Waals surface area (Å²) in [5, 5.41) is 0. The molecule has 0 radical (unpaired) electrons. The fraction of sp³-hybridized carbons (Fsp3) is 0.379. The van der Waals surface area contributed by atoms with Crippen LogP contribution in [0.1, 0.15) is 56.1 Å². The van der Waals surface area contributed by atoms with Crippen molar-refractivity contribution in [3.05, 3.63) is 65.2 Å². The van der Waals surface area contributed by atoms with Crippen LogP contribution in [0, 0.1) is 24.2 Å². The number of carbonyl (C=O) groups excluding carboxylic acids is 4. The standard InChI is InChI=1S/C29H30N2O4/c1-15-7-12-21-20(13-15)16(2)14-22-23-24(25(31(21)22)26(33)29(4,5)6)28(35)30(27(23)34)19-10-8-18(9-11-19)17(3)32/h7-14,22-25H,1-6H3/t22?,23-,24-,25+/m0/s1. The lowest BCUT2D eigenvalue weighted by atomic mass is 9.79. The highest BCUT2D eigenvalue weighted by atomic mass is 16.2. The Morgan fingerprint density at radius 2 is 1.51 bits per heavy atom. The van der Waals surface area contributed by atoms with Gasteiger partial charge in [-0.15, -0.1) is 0 Å². The maximum absolute atomic E-state index is 13.9. The zero-order chi connectivity index (χ0) is 25.4. The molecule has 180 valence electrons. The molecule has 2 aromatic rings. The van der Waals surface area contributed by atoms with Gasteiger partial charge in [0.15, 0.2) is 11.6 Å². The minimum Gasteiger partial charge on any atom is -0.353 e. The van der Waals surface area contributed by atoms with Crippen molar-refractivity contribution >= 4 is 40.3 Å². The van der Waals surface area contributed by atoms with Crippen molar-refractivity contribution in [1.29, 1.82) is 0 Å². The first-order chi connectivity index (χ1) is 16.4. The Labute approximate surface area is 205 Å². The third kappa shape index (κ3) is 3.38. The molecule has 0 aliphatic carbocycles. The van der Waals surface area contributed by atoms with E-state index in [2.05, 4.69) is 6.07 Å². The number of Topliss-reactive ketones (excluding diaryl/α,β-unsaturated/α-hetero) is 2. The van der Waals surface area contributed by atoms with Crippen LogP contribution in [0.2, 0.25) is 0 Å². The van der Waals surface area contributed by atoms with Gasteiger partial charge in [0.05, 0.1) is 23.6 Å². The summed E-state index contributed by atoms with van der Waals surface area (Å²) in [6, 6.07) is 11.5. The van der Waals surface area contributed by atoms with Gasteiger partial charge in [0.1, 0.15) is 6.04 Å². The largest absolute Gasteiger partial charge is 0.353 e. The highest BCUT2D eigenvalue weighted by Crippen LogP contribution is 2.51. The van der Waals surface area contributed by atoms with Gasteiger partial charge in [0.2, 0.25) is 11.8 Å². The van der Waals surface area contributed by atoms with E-state index in [9.17, 15) is 19.2 Å². The van der Waals surface area contributed by atoms with Crippen LogP contribution in [0.15, 0.2) is 48.5 Å². The summed E-state index contributed by atoms with van der Waals surface area (Å²) in [4.78, 5) is 56.5. The Morgan fingerprint density at radius 1 is 0.886 bits per heavy atom. The number of hydrogen-bond acceptors (Lipinski definition) is 5. The number of ketones is 2. The van der Waals surface area contributed by atoms with E-state index in [0.717, 1.165) is 22.4 Å². The molecule has 4 atom stereocenters. The van der Waals surface area contributed by atoms with Gasteiger partial charge in [0.25, 0.3) is 0 Å². The van der Waals surface area contributed by atoms with E-state index in [4.69, 9.17) is 0 Å². The molecule has 2 fully saturated rings. The van der Waals surface area contributed by atoms with Gasteiger partial charge in [0, 0.05) is 22.2 Å². The molecule has 5 rings (SSSR count). The highest BCUT2D eigenvalue weighted by Gasteiger charge is 2.65. The van der Waals surface area contributed by atoms with Gasteiger partial charge in [-0.25, -0.2) is 4.90 Å². The van der Waals surface area contributed by atoms with E-state index in [1.807, 2.05) is 57.7 Å². The van der Waals surface area contributed by atoms with E-state index < -0.39 is 23.3 Å². The topological polar surface area (TPSA) is 74.8 Å². The lowest BCUT2D eigenvalue weighted by molar-refractivity contribution is -0.132. The maximum Gasteiger partial charge on any atom is 0.240 e. The Balaban J connectivity index is 1.65. The van der Waals surface area contributed by atoms with Crippen LogP contribution in [-0.2, 0) is 14.4 Å². The first kappa shape index (κ1) is 23.2. The molecule has 35 heavy (non-hydrogen) atoms. The summed E-state index contributed by atoms with van der Waals surface area (Å²) >= 11 is 0. The molecule has 3 heterocycles. The van der Waals surface area contributed by atoms with Crippen molar-refractivity contribution in [3.63, 3.8) is 0 Å². The minimum atomic E-state index is -0.775. The molecule has 0 N–H and O–H groups in total. The minimum absolute atomic E-state index is 0.0515. The predicted octanol–water partition coefficient (Wildman–Crippen LogP) is 4.59. The van der Waals surface area contributed by atoms with Gasteiger partial charge < -0.3 is 4.90 Å². The van der Waals surface area contributed by atoms with Crippen LogP contribution in [0.3, 0.4) is 0 Å². The van der Waals surface area contributed by atoms with E-state index in [1.54, 1.807) is 24.3 Å². The van der Waals surface area contributed by atoms with Crippen LogP contribution in [-0.4, -0.2) is 35.5 Å². The Kier molecular flexibility index (Phi) is 5.13. The number of imide groups is 1. The van der Waals surface area contributed by atoms with Crippen molar-refractivity contribution in [1.82, 2.24) is 0 Å². The number of carbonyl (C=O) groups is 4. The SMILES string of the molecule is CC(=O)c1ccc(N2C(=O)[C@H]3[C@@H](C2=O)C2C=C(C)c4cc(C)ccc4N2[C@H]3C(=O)C(C)(C)C)cc1. The lowest BCUT2D eigenvalue weighted by Crippen LogP contribution is -2.51. The lowest BCUT2D eigenvalue weighted by Gasteiger charge is -2.39. The first-order valence-electron chi connectivity index (χ1n) is 12.0. The zero-order valence-electron chi connectivity index (χ0n) is 21.0. The summed E-state index contributed by atoms with van der Waals surface area (Å²) < 4.78 is 0. The number of benzene rings is 2. The van der Waals surface area contributed by atoms with Crippen molar-refractivity contribution in [3.8, 4) is 0 Å². The smallest absolute Gasteiger partial charge is 0.240 e. The molecule has 0 bridgehead atoms. The van der Waals surface area contributed by atoms with Crippen LogP contribution >= 0.6 is 0 Å². The van der Waals surface area contributed by atoms with E-state index >= 15 is 0 Å². The molecule has 1 unspecified atom stereocenters. The van der Waals surface area contributed by atoms with Crippen molar-refractivity contribution < 1.29 is 19.2 Å². The molecule has 2 amide bonds. The van der Waals surface area contributed by atoms with Crippen molar-refractivity contribution in [2.45, 2.75) is 53.6 Å². The third-order valence-corrected chi connectivity index (χ3v) is 7.54. The second-order valence-corrected chi connectivity index (χ2v) is 11.0. The average molecular weight is 471 g/mol. The maximum atomic E-state index is 13.9. The molecule has 0 aromatic heterocycles. The summed E-state index contributed by atoms with van der Waals surface area (Å²) in [5.41, 5.74) is 4.33. The number of allylic oxidation sites excluding steroid dienone is 1. The second-order valence-electron chi connectivity index (χ2n) is 11.0.